The van der Waals surface area contributed by atoms with E-state index in [1.54, 1.807) is 18.2 Å². The molecule has 2 bridgehead atoms. The zero-order chi connectivity index (χ0) is 24.9. The normalized spacial score (nSPS) is 41.8. The lowest BCUT2D eigenvalue weighted by atomic mass is 9.44. The van der Waals surface area contributed by atoms with Crippen LogP contribution in [0.3, 0.4) is 0 Å². The number of esters is 1. The molecule has 0 saturated heterocycles. The Morgan fingerprint density at radius 3 is 2.65 bits per heavy atom. The number of hydrogen-bond donors (Lipinski definition) is 2. The molecule has 0 spiro atoms. The summed E-state index contributed by atoms with van der Waals surface area (Å²) in [5, 5.41) is 21.6. The molecule has 0 amide bonds. The average Bonchev–Trinajstić information content (AvgIpc) is 3.17. The number of thioether (sulfide) groups is 1. The summed E-state index contributed by atoms with van der Waals surface area (Å²) < 4.78 is 6.23. The molecule has 1 aromatic rings. The molecule has 0 radical (unpaired) electrons. The van der Waals surface area contributed by atoms with Gasteiger partial charge in [-0.05, 0) is 55.1 Å². The Kier molecular flexibility index (Phi) is 6.71. The molecule has 8 atom stereocenters. The monoisotopic (exact) mass is 486 g/mol. The Morgan fingerprint density at radius 2 is 1.97 bits per heavy atom. The number of ether oxygens (including phenoxy) is 1. The molecule has 3 aliphatic rings. The SMILES string of the molecule is C=C[C@]1(C)C[C@@H](OC(=O)CSc2ccccc2O)[C@]2(C)C(C)CCC3(CCC(=O)C32)[C@@H](C)[C@@H]1O. The first-order valence-electron chi connectivity index (χ1n) is 12.4. The van der Waals surface area contributed by atoms with Crippen molar-refractivity contribution in [1.29, 1.82) is 0 Å². The Bertz CT molecular complexity index is 977. The Hall–Kier alpha value is -1.79. The van der Waals surface area contributed by atoms with E-state index in [2.05, 4.69) is 27.4 Å². The molecule has 0 aromatic heterocycles. The van der Waals surface area contributed by atoms with Crippen LogP contribution in [0.5, 0.6) is 5.75 Å². The van der Waals surface area contributed by atoms with Gasteiger partial charge in [0.1, 0.15) is 17.6 Å². The maximum atomic E-state index is 13.4. The van der Waals surface area contributed by atoms with Gasteiger partial charge in [-0.15, -0.1) is 18.3 Å². The molecule has 186 valence electrons. The molecule has 1 aromatic carbocycles. The molecule has 4 rings (SSSR count). The highest BCUT2D eigenvalue weighted by Gasteiger charge is 2.68. The molecule has 6 heteroatoms. The second-order valence-corrected chi connectivity index (χ2v) is 12.3. The first kappa shape index (κ1) is 25.3. The molecule has 34 heavy (non-hydrogen) atoms. The largest absolute Gasteiger partial charge is 0.507 e. The van der Waals surface area contributed by atoms with Crippen molar-refractivity contribution in [2.24, 2.45) is 34.0 Å². The van der Waals surface area contributed by atoms with Crippen LogP contribution in [0, 0.1) is 34.0 Å². The van der Waals surface area contributed by atoms with Crippen LogP contribution in [0.4, 0.5) is 0 Å². The first-order valence-corrected chi connectivity index (χ1v) is 13.4. The number of carbonyl (C=O) groups excluding carboxylic acids is 2. The third-order valence-corrected chi connectivity index (χ3v) is 10.8. The number of phenols is 1. The topological polar surface area (TPSA) is 83.8 Å². The van der Waals surface area contributed by atoms with E-state index < -0.39 is 23.0 Å². The zero-order valence-electron chi connectivity index (χ0n) is 20.8. The number of phenolic OH excluding ortho intramolecular Hbond substituents is 1. The molecule has 3 saturated carbocycles. The lowest BCUT2D eigenvalue weighted by Crippen LogP contribution is -2.63. The van der Waals surface area contributed by atoms with Crippen LogP contribution in [0.1, 0.15) is 59.8 Å². The van der Waals surface area contributed by atoms with Gasteiger partial charge < -0.3 is 14.9 Å². The highest BCUT2D eigenvalue weighted by molar-refractivity contribution is 8.00. The van der Waals surface area contributed by atoms with Crippen LogP contribution in [0.25, 0.3) is 0 Å². The van der Waals surface area contributed by atoms with Gasteiger partial charge in [-0.1, -0.05) is 45.9 Å². The van der Waals surface area contributed by atoms with E-state index in [0.717, 1.165) is 19.3 Å². The van der Waals surface area contributed by atoms with Crippen molar-refractivity contribution in [3.63, 3.8) is 0 Å². The fourth-order valence-electron chi connectivity index (χ4n) is 7.41. The molecule has 0 aliphatic heterocycles. The van der Waals surface area contributed by atoms with Gasteiger partial charge in [0, 0.05) is 28.1 Å². The summed E-state index contributed by atoms with van der Waals surface area (Å²) >= 11 is 1.24. The number of rotatable bonds is 5. The van der Waals surface area contributed by atoms with Gasteiger partial charge in [0.2, 0.25) is 0 Å². The van der Waals surface area contributed by atoms with Crippen molar-refractivity contribution in [3.8, 4) is 5.75 Å². The number of para-hydroxylation sites is 1. The van der Waals surface area contributed by atoms with E-state index in [-0.39, 0.29) is 46.4 Å². The number of Topliss-reactive ketones (excluding diaryl/α,β-unsaturated/α-hetero) is 1. The Labute approximate surface area is 207 Å². The number of carbonyl (C=O) groups is 2. The average molecular weight is 487 g/mol. The van der Waals surface area contributed by atoms with Gasteiger partial charge in [-0.25, -0.2) is 0 Å². The minimum absolute atomic E-state index is 0.0490. The quantitative estimate of drug-likeness (QED) is 0.330. The van der Waals surface area contributed by atoms with Gasteiger partial charge in [0.15, 0.2) is 0 Å². The molecule has 3 fully saturated rings. The highest BCUT2D eigenvalue weighted by atomic mass is 32.2. The molecule has 3 aliphatic carbocycles. The number of benzene rings is 1. The standard InChI is InChI=1S/C28H38O5S/c1-6-26(4)15-22(33-23(31)16-34-21-10-8-7-9-19(21)29)27(5)17(2)11-13-28(18(3)25(26)32)14-12-20(30)24(27)28/h6-10,17-18,22,24-25,29,32H,1,11-16H2,2-5H3/t17?,18-,22+,24?,25-,26+,27-,28?/m0/s1. The summed E-state index contributed by atoms with van der Waals surface area (Å²) in [6.07, 6.45) is 4.22. The van der Waals surface area contributed by atoms with Crippen LogP contribution in [0.15, 0.2) is 41.8 Å². The Morgan fingerprint density at radius 1 is 1.26 bits per heavy atom. The summed E-state index contributed by atoms with van der Waals surface area (Å²) in [5.74, 6) is -0.00253. The summed E-state index contributed by atoms with van der Waals surface area (Å²) in [6, 6.07) is 6.92. The van der Waals surface area contributed by atoms with Crippen molar-refractivity contribution in [2.75, 3.05) is 5.75 Å². The smallest absolute Gasteiger partial charge is 0.316 e. The van der Waals surface area contributed by atoms with E-state index in [1.165, 1.54) is 11.8 Å². The van der Waals surface area contributed by atoms with Crippen molar-refractivity contribution in [2.45, 2.75) is 76.9 Å². The van der Waals surface area contributed by atoms with Crippen LogP contribution in [-0.2, 0) is 14.3 Å². The summed E-state index contributed by atoms with van der Waals surface area (Å²) in [5.41, 5.74) is -1.44. The minimum Gasteiger partial charge on any atom is -0.507 e. The number of hydrogen-bond acceptors (Lipinski definition) is 6. The lowest BCUT2D eigenvalue weighted by Gasteiger charge is -2.61. The van der Waals surface area contributed by atoms with E-state index in [9.17, 15) is 19.8 Å². The molecule has 0 heterocycles. The van der Waals surface area contributed by atoms with Crippen molar-refractivity contribution in [1.82, 2.24) is 0 Å². The van der Waals surface area contributed by atoms with Crippen molar-refractivity contribution < 1.29 is 24.5 Å². The van der Waals surface area contributed by atoms with E-state index in [4.69, 9.17) is 4.74 Å². The van der Waals surface area contributed by atoms with Crippen LogP contribution in [0.2, 0.25) is 0 Å². The Balaban J connectivity index is 1.69. The summed E-state index contributed by atoms with van der Waals surface area (Å²) in [7, 11) is 0. The zero-order valence-corrected chi connectivity index (χ0v) is 21.6. The number of aliphatic hydroxyl groups is 1. The van der Waals surface area contributed by atoms with Crippen LogP contribution in [-0.4, -0.2) is 39.9 Å². The third-order valence-electron chi connectivity index (χ3n) is 9.79. The fraction of sp³-hybridized carbons (Fsp3) is 0.643. The van der Waals surface area contributed by atoms with Crippen molar-refractivity contribution >= 4 is 23.5 Å². The predicted molar refractivity (Wildman–Crippen MR) is 133 cm³/mol. The predicted octanol–water partition coefficient (Wildman–Crippen LogP) is 5.39. The van der Waals surface area contributed by atoms with Gasteiger partial charge in [0.05, 0.1) is 11.9 Å². The number of ketones is 1. The molecule has 5 nitrogen and oxygen atoms in total. The molecular formula is C28H38O5S. The molecule has 3 unspecified atom stereocenters. The van der Waals surface area contributed by atoms with Gasteiger partial charge in [-0.2, -0.15) is 0 Å². The maximum absolute atomic E-state index is 13.4. The third kappa shape index (κ3) is 3.81. The fourth-order valence-corrected chi connectivity index (χ4v) is 8.14. The van der Waals surface area contributed by atoms with E-state index >= 15 is 0 Å². The van der Waals surface area contributed by atoms with E-state index in [0.29, 0.717) is 17.7 Å². The molecule has 2 N–H and O–H groups in total. The minimum atomic E-state index is -0.673. The van der Waals surface area contributed by atoms with Crippen molar-refractivity contribution in [3.05, 3.63) is 36.9 Å². The van der Waals surface area contributed by atoms with Gasteiger partial charge in [-0.3, -0.25) is 9.59 Å². The second kappa shape index (κ2) is 9.02. The first-order chi connectivity index (χ1) is 16.0. The van der Waals surface area contributed by atoms with Crippen LogP contribution >= 0.6 is 11.8 Å². The lowest BCUT2D eigenvalue weighted by molar-refractivity contribution is -0.205. The number of aliphatic hydroxyl groups excluding tert-OH is 1. The highest BCUT2D eigenvalue weighted by Crippen LogP contribution is 2.68. The summed E-state index contributed by atoms with van der Waals surface area (Å²) in [6.45, 7) is 12.5. The van der Waals surface area contributed by atoms with Gasteiger partial charge >= 0.3 is 5.97 Å². The molecular weight excluding hydrogens is 448 g/mol. The second-order valence-electron chi connectivity index (χ2n) is 11.3. The van der Waals surface area contributed by atoms with Gasteiger partial charge in [0.25, 0.3) is 0 Å². The van der Waals surface area contributed by atoms with E-state index in [1.807, 2.05) is 19.1 Å². The maximum Gasteiger partial charge on any atom is 0.316 e. The number of aromatic hydroxyl groups is 1. The van der Waals surface area contributed by atoms with Crippen LogP contribution < -0.4 is 0 Å². The summed E-state index contributed by atoms with van der Waals surface area (Å²) in [4.78, 5) is 27.2.